The standard InChI is InChI=1S/C9H7BrS.C5H9N3O/c1-6-5-7-3-2-4-8(10)9(7)11-6;1-8-4(9)2-3-7-5(8)6/h2-5H,1H3;2-3H2,1H3,(H2,6,7). The summed E-state index contributed by atoms with van der Waals surface area (Å²) >= 11 is 5.35. The number of aliphatic imine (C=N–C) groups is 1. The lowest BCUT2D eigenvalue weighted by Gasteiger charge is -2.19. The van der Waals surface area contributed by atoms with Crippen LogP contribution in [0.25, 0.3) is 10.1 Å². The molecule has 2 heterocycles. The van der Waals surface area contributed by atoms with Crippen molar-refractivity contribution in [1.82, 2.24) is 4.90 Å². The second kappa shape index (κ2) is 6.37. The number of aryl methyl sites for hydroxylation is 1. The van der Waals surface area contributed by atoms with Crippen LogP contribution in [0.1, 0.15) is 11.3 Å². The molecule has 0 aliphatic carbocycles. The highest BCUT2D eigenvalue weighted by Crippen LogP contribution is 2.31. The largest absolute Gasteiger partial charge is 0.369 e. The number of hydrogen-bond donors (Lipinski definition) is 1. The number of rotatable bonds is 0. The summed E-state index contributed by atoms with van der Waals surface area (Å²) in [7, 11) is 1.63. The van der Waals surface area contributed by atoms with Gasteiger partial charge in [0.2, 0.25) is 5.91 Å². The zero-order valence-corrected chi connectivity index (χ0v) is 13.8. The molecular formula is C14H16BrN3OS. The number of benzene rings is 1. The van der Waals surface area contributed by atoms with Crippen molar-refractivity contribution in [1.29, 1.82) is 0 Å². The van der Waals surface area contributed by atoms with Crippen LogP contribution in [0.4, 0.5) is 0 Å². The third-order valence-corrected chi connectivity index (χ3v) is 4.96. The van der Waals surface area contributed by atoms with Gasteiger partial charge in [0.05, 0.1) is 6.54 Å². The topological polar surface area (TPSA) is 58.7 Å². The molecule has 1 amide bonds. The van der Waals surface area contributed by atoms with Gasteiger partial charge in [-0.05, 0) is 40.4 Å². The average Bonchev–Trinajstić information content (AvgIpc) is 2.79. The van der Waals surface area contributed by atoms with E-state index in [1.807, 2.05) is 11.3 Å². The lowest BCUT2D eigenvalue weighted by molar-refractivity contribution is -0.126. The van der Waals surface area contributed by atoms with E-state index in [-0.39, 0.29) is 5.91 Å². The van der Waals surface area contributed by atoms with Crippen LogP contribution in [0.15, 0.2) is 33.7 Å². The zero-order valence-electron chi connectivity index (χ0n) is 11.4. The Labute approximate surface area is 130 Å². The van der Waals surface area contributed by atoms with Gasteiger partial charge in [0.25, 0.3) is 0 Å². The van der Waals surface area contributed by atoms with Gasteiger partial charge >= 0.3 is 0 Å². The van der Waals surface area contributed by atoms with Crippen LogP contribution in [0.3, 0.4) is 0 Å². The van der Waals surface area contributed by atoms with Crippen molar-refractivity contribution in [3.8, 4) is 0 Å². The fourth-order valence-corrected chi connectivity index (χ4v) is 3.37. The average molecular weight is 354 g/mol. The van der Waals surface area contributed by atoms with Gasteiger partial charge < -0.3 is 5.73 Å². The van der Waals surface area contributed by atoms with E-state index < -0.39 is 0 Å². The Kier molecular flexibility index (Phi) is 4.77. The van der Waals surface area contributed by atoms with Crippen LogP contribution in [-0.2, 0) is 4.79 Å². The first-order valence-electron chi connectivity index (χ1n) is 6.20. The molecular weight excluding hydrogens is 338 g/mol. The first-order valence-corrected chi connectivity index (χ1v) is 7.81. The number of nitrogens with zero attached hydrogens (tertiary/aromatic N) is 2. The number of halogens is 1. The molecule has 1 aliphatic rings. The van der Waals surface area contributed by atoms with E-state index in [0.717, 1.165) is 0 Å². The maximum Gasteiger partial charge on any atom is 0.230 e. The zero-order chi connectivity index (χ0) is 14.7. The summed E-state index contributed by atoms with van der Waals surface area (Å²) in [5.41, 5.74) is 5.32. The number of amides is 1. The molecule has 106 valence electrons. The first-order chi connectivity index (χ1) is 9.49. The van der Waals surface area contributed by atoms with E-state index in [4.69, 9.17) is 5.73 Å². The summed E-state index contributed by atoms with van der Waals surface area (Å²) in [6.07, 6.45) is 0.483. The maximum atomic E-state index is 10.8. The number of fused-ring (bicyclic) bond motifs is 1. The quantitative estimate of drug-likeness (QED) is 0.790. The Balaban J connectivity index is 0.000000151. The summed E-state index contributed by atoms with van der Waals surface area (Å²) in [4.78, 5) is 17.4. The van der Waals surface area contributed by atoms with Crippen molar-refractivity contribution in [2.45, 2.75) is 13.3 Å². The minimum Gasteiger partial charge on any atom is -0.369 e. The minimum atomic E-state index is 0.0440. The van der Waals surface area contributed by atoms with E-state index in [0.29, 0.717) is 18.9 Å². The highest BCUT2D eigenvalue weighted by atomic mass is 79.9. The second-order valence-corrected chi connectivity index (χ2v) is 6.57. The molecule has 0 fully saturated rings. The summed E-state index contributed by atoms with van der Waals surface area (Å²) in [6, 6.07) is 8.51. The Hall–Kier alpha value is -1.40. The number of guanidine groups is 1. The molecule has 4 nitrogen and oxygen atoms in total. The van der Waals surface area contributed by atoms with Crippen molar-refractivity contribution in [3.05, 3.63) is 33.6 Å². The van der Waals surface area contributed by atoms with Crippen molar-refractivity contribution >= 4 is 49.2 Å². The smallest absolute Gasteiger partial charge is 0.230 e. The number of carbonyl (C=O) groups is 1. The molecule has 1 aromatic heterocycles. The predicted octanol–water partition coefficient (Wildman–Crippen LogP) is 3.14. The molecule has 0 spiro atoms. The van der Waals surface area contributed by atoms with Crippen LogP contribution in [-0.4, -0.2) is 30.4 Å². The molecule has 0 unspecified atom stereocenters. The van der Waals surface area contributed by atoms with Gasteiger partial charge in [-0.1, -0.05) is 12.1 Å². The van der Waals surface area contributed by atoms with Gasteiger partial charge in [0.15, 0.2) is 5.96 Å². The molecule has 1 aromatic carbocycles. The van der Waals surface area contributed by atoms with Gasteiger partial charge in [-0.3, -0.25) is 14.7 Å². The molecule has 0 atom stereocenters. The fourth-order valence-electron chi connectivity index (χ4n) is 1.82. The minimum absolute atomic E-state index is 0.0440. The van der Waals surface area contributed by atoms with Gasteiger partial charge in [-0.25, -0.2) is 0 Å². The Morgan fingerprint density at radius 2 is 2.20 bits per heavy atom. The molecule has 0 bridgehead atoms. The molecule has 6 heteroatoms. The van der Waals surface area contributed by atoms with Crippen LogP contribution in [0.5, 0.6) is 0 Å². The van der Waals surface area contributed by atoms with Gasteiger partial charge in [-0.2, -0.15) is 0 Å². The van der Waals surface area contributed by atoms with E-state index in [1.54, 1.807) is 7.05 Å². The summed E-state index contributed by atoms with van der Waals surface area (Å²) in [6.45, 7) is 2.67. The van der Waals surface area contributed by atoms with Crippen LogP contribution in [0.2, 0.25) is 0 Å². The van der Waals surface area contributed by atoms with Gasteiger partial charge in [0.1, 0.15) is 0 Å². The third kappa shape index (κ3) is 3.37. The predicted molar refractivity (Wildman–Crippen MR) is 88.1 cm³/mol. The lowest BCUT2D eigenvalue weighted by atomic mass is 10.2. The van der Waals surface area contributed by atoms with Crippen molar-refractivity contribution in [3.63, 3.8) is 0 Å². The van der Waals surface area contributed by atoms with Crippen molar-refractivity contribution in [2.24, 2.45) is 10.7 Å². The van der Waals surface area contributed by atoms with Gasteiger partial charge in [0, 0.05) is 27.5 Å². The third-order valence-electron chi connectivity index (χ3n) is 2.94. The van der Waals surface area contributed by atoms with E-state index in [1.165, 1.54) is 24.3 Å². The SMILES string of the molecule is CN1C(=O)CCN=C1N.Cc1cc2cccc(Br)c2s1. The van der Waals surface area contributed by atoms with Crippen LogP contribution >= 0.6 is 27.3 Å². The van der Waals surface area contributed by atoms with Crippen LogP contribution < -0.4 is 5.73 Å². The van der Waals surface area contributed by atoms with E-state index in [9.17, 15) is 4.79 Å². The summed E-state index contributed by atoms with van der Waals surface area (Å²) in [5, 5.41) is 1.34. The number of thiophene rings is 1. The molecule has 2 N–H and O–H groups in total. The summed E-state index contributed by atoms with van der Waals surface area (Å²) in [5.74, 6) is 0.369. The molecule has 1 aliphatic heterocycles. The monoisotopic (exact) mass is 353 g/mol. The molecule has 0 radical (unpaired) electrons. The fraction of sp³-hybridized carbons (Fsp3) is 0.286. The van der Waals surface area contributed by atoms with Crippen molar-refractivity contribution < 1.29 is 4.79 Å². The highest BCUT2D eigenvalue weighted by Gasteiger charge is 2.15. The maximum absolute atomic E-state index is 10.8. The van der Waals surface area contributed by atoms with Crippen molar-refractivity contribution in [2.75, 3.05) is 13.6 Å². The molecule has 0 saturated carbocycles. The molecule has 20 heavy (non-hydrogen) atoms. The molecule has 2 aromatic rings. The second-order valence-electron chi connectivity index (χ2n) is 4.46. The number of hydrogen-bond acceptors (Lipinski definition) is 4. The molecule has 0 saturated heterocycles. The van der Waals surface area contributed by atoms with Crippen LogP contribution in [0, 0.1) is 6.92 Å². The Morgan fingerprint density at radius 3 is 2.80 bits per heavy atom. The van der Waals surface area contributed by atoms with E-state index >= 15 is 0 Å². The normalized spacial score (nSPS) is 14.8. The summed E-state index contributed by atoms with van der Waals surface area (Å²) < 4.78 is 2.55. The molecule has 3 rings (SSSR count). The van der Waals surface area contributed by atoms with Gasteiger partial charge in [-0.15, -0.1) is 11.3 Å². The number of nitrogens with two attached hydrogens (primary N) is 1. The van der Waals surface area contributed by atoms with E-state index in [2.05, 4.69) is 52.1 Å². The Morgan fingerprint density at radius 1 is 1.45 bits per heavy atom. The lowest BCUT2D eigenvalue weighted by Crippen LogP contribution is -2.42. The first kappa shape index (κ1) is 15.0. The number of carbonyl (C=O) groups excluding carboxylic acids is 1. The Bertz CT molecular complexity index is 665. The highest BCUT2D eigenvalue weighted by molar-refractivity contribution is 9.10.